The van der Waals surface area contributed by atoms with Crippen molar-refractivity contribution in [2.45, 2.75) is 99.3 Å². The molecule has 4 aromatic carbocycles. The molecule has 0 amide bonds. The second-order valence-electron chi connectivity index (χ2n) is 14.5. The Morgan fingerprint density at radius 2 is 1.35 bits per heavy atom. The summed E-state index contributed by atoms with van der Waals surface area (Å²) in [5.74, 6) is 0.675. The summed E-state index contributed by atoms with van der Waals surface area (Å²) in [5, 5.41) is 0. The molecule has 0 saturated carbocycles. The first-order valence-corrected chi connectivity index (χ1v) is 17.3. The van der Waals surface area contributed by atoms with Crippen molar-refractivity contribution in [1.82, 2.24) is 0 Å². The molecule has 240 valence electrons. The molecule has 0 aliphatic heterocycles. The number of benzene rings is 3. The van der Waals surface area contributed by atoms with E-state index in [-0.39, 0.29) is 35.6 Å². The minimum atomic E-state index is 0. The predicted octanol–water partition coefficient (Wildman–Crippen LogP) is 5.38. The van der Waals surface area contributed by atoms with Crippen LogP contribution in [-0.4, -0.2) is 3.21 Å². The number of hydrogen-bond acceptors (Lipinski definition) is 0. The molecule has 7 rings (SSSR count). The Kier molecular flexibility index (Phi) is 12.1. The van der Waals surface area contributed by atoms with Crippen molar-refractivity contribution in [1.29, 1.82) is 0 Å². The summed E-state index contributed by atoms with van der Waals surface area (Å²) in [6.45, 7) is 24.6. The van der Waals surface area contributed by atoms with Crippen LogP contribution in [0.1, 0.15) is 124 Å². The van der Waals surface area contributed by atoms with Crippen molar-refractivity contribution in [3.05, 3.63) is 135 Å². The molecule has 0 heterocycles. The van der Waals surface area contributed by atoms with Gasteiger partial charge in [0.1, 0.15) is 0 Å². The third kappa shape index (κ3) is 7.59. The minimum absolute atomic E-state index is 0. The maximum absolute atomic E-state index is 3.65. The topological polar surface area (TPSA) is 0 Å². The first-order valence-electron chi connectivity index (χ1n) is 16.1. The number of allylic oxidation sites excluding steroid dienone is 4. The second-order valence-corrected chi connectivity index (χ2v) is 16.4. The van der Waals surface area contributed by atoms with Crippen LogP contribution in [0.4, 0.5) is 0 Å². The Labute approximate surface area is 306 Å². The van der Waals surface area contributed by atoms with Crippen molar-refractivity contribution in [2.24, 2.45) is 0 Å². The molecular formula is C43H48Cl2Zr-2. The first kappa shape index (κ1) is 38.3. The molecule has 46 heavy (non-hydrogen) atoms. The van der Waals surface area contributed by atoms with Gasteiger partial charge in [0, 0.05) is 5.41 Å². The molecule has 0 N–H and O–H groups in total. The average molecular weight is 727 g/mol. The quantitative estimate of drug-likeness (QED) is 0.215. The van der Waals surface area contributed by atoms with E-state index in [0.29, 0.717) is 5.92 Å². The van der Waals surface area contributed by atoms with Crippen molar-refractivity contribution < 1.29 is 49.0 Å². The van der Waals surface area contributed by atoms with Crippen molar-refractivity contribution >= 4 is 14.4 Å². The fourth-order valence-electron chi connectivity index (χ4n) is 7.41. The van der Waals surface area contributed by atoms with Gasteiger partial charge in [-0.1, -0.05) is 91.9 Å². The van der Waals surface area contributed by atoms with E-state index in [1.165, 1.54) is 105 Å². The minimum Gasteiger partial charge on any atom is -1.00 e. The number of hydrogen-bond donors (Lipinski definition) is 0. The predicted molar refractivity (Wildman–Crippen MR) is 189 cm³/mol. The molecule has 0 bridgehead atoms. The van der Waals surface area contributed by atoms with Crippen molar-refractivity contribution in [3.63, 3.8) is 0 Å². The van der Waals surface area contributed by atoms with Crippen LogP contribution in [0.15, 0.2) is 72.8 Å². The molecule has 0 aromatic heterocycles. The fraction of sp³-hybridized carbons (Fsp3) is 0.349. The maximum atomic E-state index is 3.65. The smallest absolute Gasteiger partial charge is 0.0632 e. The van der Waals surface area contributed by atoms with Crippen LogP contribution in [0.5, 0.6) is 0 Å². The zero-order chi connectivity index (χ0) is 32.1. The Balaban J connectivity index is 0.000000228. The summed E-state index contributed by atoms with van der Waals surface area (Å²) in [6, 6.07) is 24.8. The van der Waals surface area contributed by atoms with E-state index in [4.69, 9.17) is 0 Å². The van der Waals surface area contributed by atoms with Crippen LogP contribution in [0.2, 0.25) is 0 Å². The Morgan fingerprint density at radius 3 is 1.83 bits per heavy atom. The van der Waals surface area contributed by atoms with Crippen molar-refractivity contribution in [3.8, 4) is 11.1 Å². The van der Waals surface area contributed by atoms with Crippen LogP contribution < -0.4 is 24.8 Å². The molecular weight excluding hydrogens is 679 g/mol. The largest absolute Gasteiger partial charge is 1.00 e. The zero-order valence-corrected chi connectivity index (χ0v) is 33.4. The maximum Gasteiger partial charge on any atom is -0.0632 e. The van der Waals surface area contributed by atoms with Gasteiger partial charge in [0.05, 0.1) is 0 Å². The van der Waals surface area contributed by atoms with Gasteiger partial charge in [-0.3, -0.25) is 6.08 Å². The molecule has 4 aromatic rings. The van der Waals surface area contributed by atoms with Gasteiger partial charge in [-0.2, -0.15) is 28.3 Å². The standard InChI is InChI=1S/C25H25.C10H15.C8H8.2ClH.Zr/c1-14-12-24(3,4)22-8-16-7-17-9-23-19(15(2)13-25(23,5)6)11-21(17)20(16)10-18(14)22;1-7(2)10-6-8(3)5-9(10)4;1-2-8-6-4-3-5-7-8;;;/h8-12H,7H2,1-6H3;5-7H,1-4H3;3-7H,1H3;2*1H;/q2*-1;;;;+2/p-2. The van der Waals surface area contributed by atoms with E-state index in [0.717, 1.165) is 6.42 Å². The first-order chi connectivity index (χ1) is 20.6. The second kappa shape index (κ2) is 14.5. The van der Waals surface area contributed by atoms with E-state index in [2.05, 4.69) is 149 Å². The molecule has 0 radical (unpaired) electrons. The molecule has 0 unspecified atom stereocenters. The molecule has 0 saturated heterocycles. The van der Waals surface area contributed by atoms with Crippen molar-refractivity contribution in [2.75, 3.05) is 0 Å². The molecule has 3 aliphatic rings. The van der Waals surface area contributed by atoms with Crippen LogP contribution in [0, 0.1) is 19.9 Å². The number of rotatable bonds is 2. The van der Waals surface area contributed by atoms with Gasteiger partial charge in [-0.25, -0.2) is 11.6 Å². The van der Waals surface area contributed by atoms with Crippen LogP contribution in [0.25, 0.3) is 22.3 Å². The van der Waals surface area contributed by atoms with E-state index in [1.807, 2.05) is 6.07 Å². The molecule has 3 heteroatoms. The normalized spacial score (nSPS) is 15.3. The monoisotopic (exact) mass is 724 g/mol. The number of fused-ring (bicyclic) bond motifs is 5. The molecule has 0 atom stereocenters. The van der Waals surface area contributed by atoms with Crippen LogP contribution >= 0.6 is 0 Å². The summed E-state index contributed by atoms with van der Waals surface area (Å²) in [4.78, 5) is 0. The SMILES string of the molecule is CC1=[C-]C(C)(C)c2cc3c(cc21)-c1cc2c(cc1C3)C(C)(C)C=C2C.C[C](=[Zr+2])c1ccccc1.Cc1cc(C(C)C)c(C)[cH-]1.[Cl-].[Cl-]. The summed E-state index contributed by atoms with van der Waals surface area (Å²) < 4.78 is 1.46. The Bertz CT molecular complexity index is 1730. The van der Waals surface area contributed by atoms with Gasteiger partial charge in [-0.15, -0.1) is 11.6 Å². The van der Waals surface area contributed by atoms with Crippen LogP contribution in [0.3, 0.4) is 0 Å². The summed E-state index contributed by atoms with van der Waals surface area (Å²) in [5.41, 5.74) is 20.2. The van der Waals surface area contributed by atoms with E-state index >= 15 is 0 Å². The summed E-state index contributed by atoms with van der Waals surface area (Å²) >= 11 is 1.51. The van der Waals surface area contributed by atoms with Gasteiger partial charge >= 0.3 is 70.3 Å². The Morgan fingerprint density at radius 1 is 0.783 bits per heavy atom. The van der Waals surface area contributed by atoms with Crippen LogP contribution in [-0.2, 0) is 41.5 Å². The number of aryl methyl sites for hydroxylation is 2. The molecule has 0 nitrogen and oxygen atoms in total. The van der Waals surface area contributed by atoms with E-state index in [1.54, 1.807) is 0 Å². The molecule has 0 fully saturated rings. The average Bonchev–Trinajstić information content (AvgIpc) is 3.62. The molecule has 3 aliphatic carbocycles. The van der Waals surface area contributed by atoms with Gasteiger partial charge < -0.3 is 24.8 Å². The number of halogens is 2. The van der Waals surface area contributed by atoms with Gasteiger partial charge in [0.2, 0.25) is 0 Å². The summed E-state index contributed by atoms with van der Waals surface area (Å²) in [6.07, 6.45) is 7.13. The van der Waals surface area contributed by atoms with Gasteiger partial charge in [0.25, 0.3) is 0 Å². The zero-order valence-electron chi connectivity index (χ0n) is 29.5. The summed E-state index contributed by atoms with van der Waals surface area (Å²) in [7, 11) is 0. The van der Waals surface area contributed by atoms with E-state index < -0.39 is 0 Å². The fourth-order valence-corrected chi connectivity index (χ4v) is 7.82. The third-order valence-corrected chi connectivity index (χ3v) is 10.3. The van der Waals surface area contributed by atoms with Gasteiger partial charge in [-0.05, 0) is 58.4 Å². The Hall–Kier alpha value is -2.18. The third-order valence-electron chi connectivity index (χ3n) is 9.54. The van der Waals surface area contributed by atoms with E-state index in [9.17, 15) is 0 Å². The molecule has 0 spiro atoms. The van der Waals surface area contributed by atoms with Gasteiger partial charge in [0.15, 0.2) is 0 Å².